The van der Waals surface area contributed by atoms with Crippen LogP contribution >= 0.6 is 0 Å². The van der Waals surface area contributed by atoms with Crippen molar-refractivity contribution >= 4 is 11.9 Å². The number of aliphatic hydroxyl groups is 1. The lowest BCUT2D eigenvalue weighted by molar-refractivity contribution is -0.146. The van der Waals surface area contributed by atoms with Crippen molar-refractivity contribution in [2.24, 2.45) is 0 Å². The first-order chi connectivity index (χ1) is 8.84. The van der Waals surface area contributed by atoms with Crippen LogP contribution in [0.15, 0.2) is 0 Å². The molecule has 1 atom stereocenters. The summed E-state index contributed by atoms with van der Waals surface area (Å²) in [6.07, 6.45) is 0.116. The smallest absolute Gasteiger partial charge is 0.332 e. The molecule has 0 bridgehead atoms. The highest BCUT2D eigenvalue weighted by atomic mass is 16.4. The Bertz CT molecular complexity index is 343. The van der Waals surface area contributed by atoms with E-state index in [1.807, 2.05) is 6.92 Å². The maximum absolute atomic E-state index is 9.68. The summed E-state index contributed by atoms with van der Waals surface area (Å²) in [4.78, 5) is 19.3. The molecule has 0 unspecified atom stereocenters. The number of carboxylic acids is 2. The van der Waals surface area contributed by atoms with Gasteiger partial charge in [-0.2, -0.15) is 5.21 Å². The maximum atomic E-state index is 9.68. The van der Waals surface area contributed by atoms with Crippen molar-refractivity contribution in [3.63, 3.8) is 0 Å². The number of aryl methyl sites for hydroxylation is 1. The zero-order valence-corrected chi connectivity index (χ0v) is 11.2. The van der Waals surface area contributed by atoms with Crippen LogP contribution < -0.4 is 0 Å². The summed E-state index contributed by atoms with van der Waals surface area (Å²) in [6.45, 7) is 5.22. The molecule has 1 aromatic heterocycles. The molecule has 0 amide bonds. The minimum Gasteiger partial charge on any atom is -0.481 e. The second kappa shape index (κ2) is 18.0. The minimum absolute atomic E-state index is 0. The van der Waals surface area contributed by atoms with Gasteiger partial charge >= 0.3 is 11.9 Å². The van der Waals surface area contributed by atoms with Gasteiger partial charge in [0.05, 0.1) is 0 Å². The van der Waals surface area contributed by atoms with Crippen LogP contribution in [0.3, 0.4) is 0 Å². The minimum atomic E-state index is -1.18. The number of hydrogen-bond donors (Lipinski definition) is 4. The van der Waals surface area contributed by atoms with E-state index in [1.165, 1.54) is 0 Å². The van der Waals surface area contributed by atoms with Gasteiger partial charge in [-0.1, -0.05) is 33.9 Å². The summed E-state index contributed by atoms with van der Waals surface area (Å²) < 4.78 is 0. The van der Waals surface area contributed by atoms with Crippen LogP contribution in [0.5, 0.6) is 0 Å². The van der Waals surface area contributed by atoms with Crippen LogP contribution in [0.4, 0.5) is 0 Å². The van der Waals surface area contributed by atoms with E-state index >= 15 is 0 Å². The number of tetrazole rings is 1. The average molecular weight is 308 g/mol. The molecule has 21 heavy (non-hydrogen) atoms. The Morgan fingerprint density at radius 1 is 1.24 bits per heavy atom. The molecule has 1 rings (SSSR count). The Morgan fingerprint density at radius 2 is 1.76 bits per heavy atom. The molecule has 0 aliphatic rings. The third kappa shape index (κ3) is 23.5. The lowest BCUT2D eigenvalue weighted by Crippen LogP contribution is -2.17. The highest BCUT2D eigenvalue weighted by molar-refractivity contribution is 5.71. The van der Waals surface area contributed by atoms with Crippen LogP contribution in [0.25, 0.3) is 0 Å². The molecule has 1 heterocycles. The van der Waals surface area contributed by atoms with Crippen molar-refractivity contribution in [2.45, 2.75) is 61.0 Å². The molecule has 0 radical (unpaired) electrons. The number of nitrogens with one attached hydrogen (secondary N) is 1. The summed E-state index contributed by atoms with van der Waals surface area (Å²) in [5.41, 5.74) is 0. The number of aromatic nitrogens is 4. The Kier molecular flexibility index (Phi) is 23.4. The predicted octanol–water partition coefficient (Wildman–Crippen LogP) is 1.49. The predicted molar refractivity (Wildman–Crippen MR) is 78.9 cm³/mol. The number of hydrogen-bond acceptors (Lipinski definition) is 6. The highest BCUT2D eigenvalue weighted by Crippen LogP contribution is 1.86. The van der Waals surface area contributed by atoms with Gasteiger partial charge in [0.15, 0.2) is 11.9 Å². The molecule has 0 aromatic carbocycles. The lowest BCUT2D eigenvalue weighted by atomic mass is 10.3. The molecular formula is C12H28N4O5. The molecule has 1 aromatic rings. The zero-order valence-electron chi connectivity index (χ0n) is 11.2. The molecule has 0 aliphatic heterocycles. The first-order valence-corrected chi connectivity index (χ1v) is 5.67. The van der Waals surface area contributed by atoms with Crippen LogP contribution in [0, 0.1) is 6.92 Å². The molecule has 9 nitrogen and oxygen atoms in total. The van der Waals surface area contributed by atoms with E-state index in [4.69, 9.17) is 15.3 Å². The van der Waals surface area contributed by atoms with E-state index in [9.17, 15) is 9.59 Å². The summed E-state index contributed by atoms with van der Waals surface area (Å²) >= 11 is 0. The third-order valence-corrected chi connectivity index (χ3v) is 1.59. The van der Waals surface area contributed by atoms with Crippen LogP contribution in [-0.4, -0.2) is 54.0 Å². The Balaban J connectivity index is -0.0000000988. The summed E-state index contributed by atoms with van der Waals surface area (Å²) in [7, 11) is 0. The van der Waals surface area contributed by atoms with Gasteiger partial charge in [0.1, 0.15) is 0 Å². The topological polar surface area (TPSA) is 149 Å². The molecule has 0 spiro atoms. The van der Waals surface area contributed by atoms with Crippen molar-refractivity contribution in [1.29, 1.82) is 0 Å². The summed E-state index contributed by atoms with van der Waals surface area (Å²) in [5.74, 6) is -1.19. The van der Waals surface area contributed by atoms with Gasteiger partial charge in [-0.15, -0.1) is 10.2 Å². The second-order valence-electron chi connectivity index (χ2n) is 3.37. The van der Waals surface area contributed by atoms with E-state index in [0.717, 1.165) is 6.42 Å². The van der Waals surface area contributed by atoms with E-state index < -0.39 is 18.0 Å². The summed E-state index contributed by atoms with van der Waals surface area (Å²) in [6, 6.07) is 0. The van der Waals surface area contributed by atoms with E-state index in [-0.39, 0.29) is 21.3 Å². The molecule has 0 fully saturated rings. The van der Waals surface area contributed by atoms with Gasteiger partial charge in [0.2, 0.25) is 0 Å². The summed E-state index contributed by atoms with van der Waals surface area (Å²) in [5, 5.41) is 36.9. The first kappa shape index (κ1) is 27.3. The van der Waals surface area contributed by atoms with Crippen LogP contribution in [0.2, 0.25) is 0 Å². The number of rotatable bonds is 4. The van der Waals surface area contributed by atoms with Gasteiger partial charge in [-0.3, -0.25) is 4.79 Å². The number of carbonyl (C=O) groups is 2. The average Bonchev–Trinajstić information content (AvgIpc) is 2.80. The number of aliphatic carboxylic acids is 2. The fraction of sp³-hybridized carbons (Fsp3) is 0.750. The Hall–Kier alpha value is -2.03. The molecular weight excluding hydrogens is 280 g/mol. The largest absolute Gasteiger partial charge is 0.481 e. The molecule has 0 aliphatic carbocycles. The quantitative estimate of drug-likeness (QED) is 0.653. The Morgan fingerprint density at radius 3 is 1.81 bits per heavy atom. The SMILES string of the molecule is C.C.CCCC(=O)O.CC[C@@H](O)C(=O)O.Cc1nn[nH]n1. The first-order valence-electron chi connectivity index (χ1n) is 5.67. The van der Waals surface area contributed by atoms with Crippen molar-refractivity contribution in [3.05, 3.63) is 5.82 Å². The van der Waals surface area contributed by atoms with Crippen molar-refractivity contribution in [2.75, 3.05) is 0 Å². The monoisotopic (exact) mass is 308 g/mol. The third-order valence-electron chi connectivity index (χ3n) is 1.59. The van der Waals surface area contributed by atoms with Gasteiger partial charge in [-0.05, 0) is 19.8 Å². The number of aliphatic hydroxyl groups excluding tert-OH is 1. The molecule has 126 valence electrons. The zero-order chi connectivity index (χ0) is 15.3. The van der Waals surface area contributed by atoms with Gasteiger partial charge < -0.3 is 15.3 Å². The van der Waals surface area contributed by atoms with Gasteiger partial charge in [0.25, 0.3) is 0 Å². The molecule has 0 saturated carbocycles. The standard InChI is InChI=1S/C4H8O3.C4H8O2.C2H4N4.2CH4/c1-2-3(5)4(6)7;1-2-3-4(5)6;1-2-3-5-6-4-2;;/h3,5H,2H2,1H3,(H,6,7);2-3H2,1H3,(H,5,6);1H3,(H,3,4,5,6);2*1H4/t3-;;;;/m1..../s1. The van der Waals surface area contributed by atoms with E-state index in [1.54, 1.807) is 13.8 Å². The van der Waals surface area contributed by atoms with Crippen molar-refractivity contribution < 1.29 is 24.9 Å². The fourth-order valence-electron chi connectivity index (χ4n) is 0.600. The Labute approximate surface area is 125 Å². The molecule has 0 saturated heterocycles. The van der Waals surface area contributed by atoms with E-state index in [2.05, 4.69) is 20.6 Å². The lowest BCUT2D eigenvalue weighted by Gasteiger charge is -1.95. The molecule has 9 heteroatoms. The number of carboxylic acid groups (broad SMARTS) is 2. The second-order valence-corrected chi connectivity index (χ2v) is 3.37. The number of nitrogens with zero attached hydrogens (tertiary/aromatic N) is 3. The molecule has 4 N–H and O–H groups in total. The number of aromatic amines is 1. The van der Waals surface area contributed by atoms with Crippen molar-refractivity contribution in [3.8, 4) is 0 Å². The maximum Gasteiger partial charge on any atom is 0.332 e. The van der Waals surface area contributed by atoms with Crippen LogP contribution in [0.1, 0.15) is 53.8 Å². The highest BCUT2D eigenvalue weighted by Gasteiger charge is 2.07. The van der Waals surface area contributed by atoms with Gasteiger partial charge in [0, 0.05) is 6.42 Å². The normalized spacial score (nSPS) is 9.33. The van der Waals surface area contributed by atoms with Gasteiger partial charge in [-0.25, -0.2) is 4.79 Å². The fourth-order valence-corrected chi connectivity index (χ4v) is 0.600. The number of H-pyrrole nitrogens is 1. The van der Waals surface area contributed by atoms with Crippen LogP contribution in [-0.2, 0) is 9.59 Å². The van der Waals surface area contributed by atoms with Crippen molar-refractivity contribution in [1.82, 2.24) is 20.6 Å². The van der Waals surface area contributed by atoms with E-state index in [0.29, 0.717) is 12.2 Å².